The number of benzene rings is 2. The number of rotatable bonds is 4. The lowest BCUT2D eigenvalue weighted by Gasteiger charge is -2.16. The molecule has 1 aliphatic rings. The van der Waals surface area contributed by atoms with Gasteiger partial charge in [-0.25, -0.2) is 4.39 Å². The van der Waals surface area contributed by atoms with E-state index >= 15 is 0 Å². The van der Waals surface area contributed by atoms with Crippen molar-refractivity contribution in [3.05, 3.63) is 71.5 Å². The van der Waals surface area contributed by atoms with Crippen molar-refractivity contribution >= 4 is 11.6 Å². The molecule has 4 nitrogen and oxygen atoms in total. The molecule has 1 heterocycles. The molecule has 0 saturated carbocycles. The van der Waals surface area contributed by atoms with Crippen molar-refractivity contribution in [3.8, 4) is 0 Å². The lowest BCUT2D eigenvalue weighted by molar-refractivity contribution is -0.131. The number of oxime groups is 1. The largest absolute Gasteiger partial charge is 0.382 e. The van der Waals surface area contributed by atoms with Crippen LogP contribution in [-0.2, 0) is 9.63 Å². The maximum atomic E-state index is 13.3. The Morgan fingerprint density at radius 1 is 1.26 bits per heavy atom. The second kappa shape index (κ2) is 6.60. The minimum atomic E-state index is -0.681. The Morgan fingerprint density at radius 3 is 2.78 bits per heavy atom. The van der Waals surface area contributed by atoms with Gasteiger partial charge in [0.25, 0.3) is 5.91 Å². The third-order valence-electron chi connectivity index (χ3n) is 3.78. The molecule has 23 heavy (non-hydrogen) atoms. The third-order valence-corrected chi connectivity index (χ3v) is 3.78. The Morgan fingerprint density at radius 2 is 2.04 bits per heavy atom. The van der Waals surface area contributed by atoms with Crippen LogP contribution in [0.15, 0.2) is 59.8 Å². The van der Waals surface area contributed by atoms with E-state index in [1.54, 1.807) is 12.1 Å². The van der Waals surface area contributed by atoms with Crippen LogP contribution in [0.2, 0.25) is 0 Å². The molecule has 2 aromatic rings. The maximum Gasteiger partial charge on any atom is 0.264 e. The predicted molar refractivity (Wildman–Crippen MR) is 85.4 cm³/mol. The van der Waals surface area contributed by atoms with E-state index in [1.165, 1.54) is 12.1 Å². The topological polar surface area (TPSA) is 50.7 Å². The fourth-order valence-electron chi connectivity index (χ4n) is 2.49. The maximum absolute atomic E-state index is 13.3. The molecular weight excluding hydrogens is 295 g/mol. The molecule has 1 amide bonds. The molecule has 1 aliphatic heterocycles. The van der Waals surface area contributed by atoms with E-state index in [0.29, 0.717) is 17.7 Å². The lowest BCUT2D eigenvalue weighted by Crippen LogP contribution is -2.36. The van der Waals surface area contributed by atoms with Crippen LogP contribution in [0.5, 0.6) is 0 Å². The zero-order valence-corrected chi connectivity index (χ0v) is 12.7. The van der Waals surface area contributed by atoms with Gasteiger partial charge in [-0.1, -0.05) is 47.6 Å². The first-order valence-electron chi connectivity index (χ1n) is 7.47. The molecule has 0 fully saturated rings. The summed E-state index contributed by atoms with van der Waals surface area (Å²) in [4.78, 5) is 17.5. The number of nitrogens with one attached hydrogen (secondary N) is 1. The fourth-order valence-corrected chi connectivity index (χ4v) is 2.49. The van der Waals surface area contributed by atoms with Gasteiger partial charge in [0.05, 0.1) is 11.8 Å². The van der Waals surface area contributed by atoms with Gasteiger partial charge in [0.15, 0.2) is 0 Å². The van der Waals surface area contributed by atoms with E-state index in [9.17, 15) is 9.18 Å². The summed E-state index contributed by atoms with van der Waals surface area (Å²) in [7, 11) is 0. The van der Waals surface area contributed by atoms with E-state index in [-0.39, 0.29) is 17.8 Å². The minimum Gasteiger partial charge on any atom is -0.382 e. The quantitative estimate of drug-likeness (QED) is 0.942. The number of carbonyl (C=O) groups is 1. The van der Waals surface area contributed by atoms with Crippen LogP contribution in [0.4, 0.5) is 4.39 Å². The summed E-state index contributed by atoms with van der Waals surface area (Å²) in [5.41, 5.74) is 2.23. The number of amides is 1. The lowest BCUT2D eigenvalue weighted by atomic mass is 10.0. The standard InChI is InChI=1S/C18H17FN2O2/c1-12(13-6-3-2-4-7-13)20-18(22)17-11-16(21-23-17)14-8-5-9-15(19)10-14/h2-10,12,17H,11H2,1H3,(H,20,22)/t12-,17-/m0/s1. The van der Waals surface area contributed by atoms with Gasteiger partial charge in [-0.2, -0.15) is 0 Å². The summed E-state index contributed by atoms with van der Waals surface area (Å²) in [5.74, 6) is -0.563. The van der Waals surface area contributed by atoms with Crippen LogP contribution in [-0.4, -0.2) is 17.7 Å². The van der Waals surface area contributed by atoms with Gasteiger partial charge in [0.1, 0.15) is 5.82 Å². The van der Waals surface area contributed by atoms with E-state index in [0.717, 1.165) is 5.56 Å². The molecule has 0 aliphatic carbocycles. The zero-order valence-electron chi connectivity index (χ0n) is 12.7. The minimum absolute atomic E-state index is 0.120. The zero-order chi connectivity index (χ0) is 16.2. The molecule has 0 aromatic heterocycles. The molecule has 0 bridgehead atoms. The van der Waals surface area contributed by atoms with E-state index < -0.39 is 6.10 Å². The molecule has 5 heteroatoms. The Balaban J connectivity index is 1.60. The van der Waals surface area contributed by atoms with Gasteiger partial charge in [-0.05, 0) is 24.6 Å². The summed E-state index contributed by atoms with van der Waals surface area (Å²) in [6, 6.07) is 15.7. The molecule has 0 saturated heterocycles. The number of carbonyl (C=O) groups excluding carboxylic acids is 1. The molecule has 1 N–H and O–H groups in total. The number of hydrogen-bond donors (Lipinski definition) is 1. The highest BCUT2D eigenvalue weighted by Crippen LogP contribution is 2.19. The summed E-state index contributed by atoms with van der Waals surface area (Å²) in [5, 5.41) is 6.83. The normalized spacial score (nSPS) is 18.0. The number of hydrogen-bond acceptors (Lipinski definition) is 3. The van der Waals surface area contributed by atoms with Crippen molar-refractivity contribution in [2.45, 2.75) is 25.5 Å². The van der Waals surface area contributed by atoms with Crippen LogP contribution in [0.3, 0.4) is 0 Å². The first-order chi connectivity index (χ1) is 11.1. The van der Waals surface area contributed by atoms with E-state index in [1.807, 2.05) is 37.3 Å². The smallest absolute Gasteiger partial charge is 0.264 e. The molecule has 3 rings (SSSR count). The van der Waals surface area contributed by atoms with Gasteiger partial charge >= 0.3 is 0 Å². The Hall–Kier alpha value is -2.69. The van der Waals surface area contributed by atoms with Crippen LogP contribution in [0.25, 0.3) is 0 Å². The van der Waals surface area contributed by atoms with E-state index in [2.05, 4.69) is 10.5 Å². The second-order valence-electron chi connectivity index (χ2n) is 5.49. The molecular formula is C18H17FN2O2. The van der Waals surface area contributed by atoms with Crippen molar-refractivity contribution in [2.75, 3.05) is 0 Å². The second-order valence-corrected chi connectivity index (χ2v) is 5.49. The molecule has 2 aromatic carbocycles. The fraction of sp³-hybridized carbons (Fsp3) is 0.222. The summed E-state index contributed by atoms with van der Waals surface area (Å²) >= 11 is 0. The number of nitrogens with zero attached hydrogens (tertiary/aromatic N) is 1. The predicted octanol–water partition coefficient (Wildman–Crippen LogP) is 3.20. The highest BCUT2D eigenvalue weighted by molar-refractivity contribution is 6.04. The molecule has 2 atom stereocenters. The van der Waals surface area contributed by atoms with Crippen molar-refractivity contribution in [1.82, 2.24) is 5.32 Å². The van der Waals surface area contributed by atoms with Gasteiger partial charge in [-0.15, -0.1) is 0 Å². The average molecular weight is 312 g/mol. The first kappa shape index (κ1) is 15.2. The number of halogens is 1. The van der Waals surface area contributed by atoms with Crippen molar-refractivity contribution in [1.29, 1.82) is 0 Å². The summed E-state index contributed by atoms with van der Waals surface area (Å²) in [6.07, 6.45) is -0.351. The summed E-state index contributed by atoms with van der Waals surface area (Å²) in [6.45, 7) is 1.91. The van der Waals surface area contributed by atoms with E-state index in [4.69, 9.17) is 4.84 Å². The SMILES string of the molecule is C[C@H](NC(=O)[C@@H]1CC(c2cccc(F)c2)=NO1)c1ccccc1. The highest BCUT2D eigenvalue weighted by atomic mass is 19.1. The Bertz CT molecular complexity index is 731. The monoisotopic (exact) mass is 312 g/mol. The molecule has 0 spiro atoms. The molecule has 0 unspecified atom stereocenters. The Labute approximate surface area is 134 Å². The van der Waals surface area contributed by atoms with Crippen molar-refractivity contribution in [2.24, 2.45) is 5.16 Å². The van der Waals surface area contributed by atoms with Gasteiger partial charge in [-0.3, -0.25) is 4.79 Å². The van der Waals surface area contributed by atoms with Crippen LogP contribution >= 0.6 is 0 Å². The van der Waals surface area contributed by atoms with Gasteiger partial charge in [0, 0.05) is 12.0 Å². The Kier molecular flexibility index (Phi) is 4.37. The van der Waals surface area contributed by atoms with Gasteiger partial charge in [0.2, 0.25) is 6.10 Å². The third kappa shape index (κ3) is 3.56. The van der Waals surface area contributed by atoms with Crippen LogP contribution < -0.4 is 5.32 Å². The molecule has 118 valence electrons. The van der Waals surface area contributed by atoms with Gasteiger partial charge < -0.3 is 10.2 Å². The van der Waals surface area contributed by atoms with Crippen molar-refractivity contribution in [3.63, 3.8) is 0 Å². The summed E-state index contributed by atoms with van der Waals surface area (Å²) < 4.78 is 13.3. The highest BCUT2D eigenvalue weighted by Gasteiger charge is 2.29. The van der Waals surface area contributed by atoms with Crippen LogP contribution in [0.1, 0.15) is 30.5 Å². The van der Waals surface area contributed by atoms with Crippen LogP contribution in [0, 0.1) is 5.82 Å². The van der Waals surface area contributed by atoms with Crippen molar-refractivity contribution < 1.29 is 14.0 Å². The first-order valence-corrected chi connectivity index (χ1v) is 7.47. The average Bonchev–Trinajstić information content (AvgIpc) is 3.06. The molecule has 0 radical (unpaired) electrons.